The van der Waals surface area contributed by atoms with Gasteiger partial charge in [-0.2, -0.15) is 0 Å². The second kappa shape index (κ2) is 5.95. The molecule has 1 aromatic rings. The van der Waals surface area contributed by atoms with E-state index in [1.807, 2.05) is 24.3 Å². The summed E-state index contributed by atoms with van der Waals surface area (Å²) in [6, 6.07) is 7.30. The van der Waals surface area contributed by atoms with E-state index in [4.69, 9.17) is 23.1 Å². The molecule has 7 heteroatoms. The normalized spacial score (nSPS) is 11.1. The third-order valence-electron chi connectivity index (χ3n) is 2.10. The van der Waals surface area contributed by atoms with E-state index < -0.39 is 10.0 Å². The maximum atomic E-state index is 10.7. The molecule has 0 unspecified atom stereocenters. The lowest BCUT2D eigenvalue weighted by Crippen LogP contribution is -2.18. The van der Waals surface area contributed by atoms with Crippen molar-refractivity contribution in [2.24, 2.45) is 10.9 Å². The van der Waals surface area contributed by atoms with Crippen LogP contribution in [0.3, 0.4) is 0 Å². The highest BCUT2D eigenvalue weighted by Crippen LogP contribution is 2.09. The first-order chi connectivity index (χ1) is 7.88. The van der Waals surface area contributed by atoms with Crippen LogP contribution in [0, 0.1) is 0 Å². The van der Waals surface area contributed by atoms with Crippen LogP contribution in [0.15, 0.2) is 24.3 Å². The van der Waals surface area contributed by atoms with Crippen LogP contribution in [-0.4, -0.2) is 25.7 Å². The largest absolute Gasteiger partial charge is 0.389 e. The summed E-state index contributed by atoms with van der Waals surface area (Å²) in [6.07, 6.45) is 0.468. The fraction of sp³-hybridized carbons (Fsp3) is 0.300. The molecule has 0 heterocycles. The van der Waals surface area contributed by atoms with E-state index in [1.54, 1.807) is 0 Å². The van der Waals surface area contributed by atoms with Crippen LogP contribution >= 0.6 is 12.2 Å². The molecular formula is C10H15N3O2S2. The van der Waals surface area contributed by atoms with Gasteiger partial charge in [0.2, 0.25) is 10.0 Å². The number of hydrogen-bond donors (Lipinski definition) is 3. The third-order valence-corrected chi connectivity index (χ3v) is 3.20. The van der Waals surface area contributed by atoms with Crippen LogP contribution in [0.25, 0.3) is 0 Å². The number of nitrogens with two attached hydrogens (primary N) is 2. The molecule has 1 aromatic carbocycles. The quantitative estimate of drug-likeness (QED) is 0.515. The van der Waals surface area contributed by atoms with Gasteiger partial charge >= 0.3 is 0 Å². The Kier molecular flexibility index (Phi) is 4.86. The Hall–Kier alpha value is -1.18. The van der Waals surface area contributed by atoms with Crippen molar-refractivity contribution in [3.63, 3.8) is 0 Å². The van der Waals surface area contributed by atoms with Gasteiger partial charge < -0.3 is 11.1 Å². The Morgan fingerprint density at radius 3 is 2.35 bits per heavy atom. The van der Waals surface area contributed by atoms with Crippen molar-refractivity contribution in [1.82, 2.24) is 0 Å². The molecule has 0 spiro atoms. The third kappa shape index (κ3) is 5.62. The molecular weight excluding hydrogens is 258 g/mol. The SMILES string of the molecule is NC(=S)c1ccc(NCCCS(N)(=O)=O)cc1. The van der Waals surface area contributed by atoms with E-state index in [-0.39, 0.29) is 5.75 Å². The van der Waals surface area contributed by atoms with Crippen LogP contribution in [0.1, 0.15) is 12.0 Å². The average molecular weight is 273 g/mol. The Balaban J connectivity index is 2.40. The van der Waals surface area contributed by atoms with Gasteiger partial charge in [0.1, 0.15) is 4.99 Å². The first kappa shape index (κ1) is 13.9. The highest BCUT2D eigenvalue weighted by molar-refractivity contribution is 7.89. The number of thiocarbonyl (C=S) groups is 1. The number of primary sulfonamides is 1. The van der Waals surface area contributed by atoms with Crippen molar-refractivity contribution in [3.05, 3.63) is 29.8 Å². The topological polar surface area (TPSA) is 98.2 Å². The van der Waals surface area contributed by atoms with Gasteiger partial charge in [-0.3, -0.25) is 0 Å². The molecule has 0 bridgehead atoms. The van der Waals surface area contributed by atoms with Crippen molar-refractivity contribution in [2.45, 2.75) is 6.42 Å². The van der Waals surface area contributed by atoms with E-state index in [9.17, 15) is 8.42 Å². The van der Waals surface area contributed by atoms with Crippen LogP contribution in [0.2, 0.25) is 0 Å². The molecule has 0 aliphatic carbocycles. The Morgan fingerprint density at radius 1 is 1.29 bits per heavy atom. The van der Waals surface area contributed by atoms with E-state index in [0.717, 1.165) is 11.3 Å². The highest BCUT2D eigenvalue weighted by atomic mass is 32.2. The van der Waals surface area contributed by atoms with Crippen molar-refractivity contribution in [3.8, 4) is 0 Å². The van der Waals surface area contributed by atoms with Crippen molar-refractivity contribution < 1.29 is 8.42 Å². The second-order valence-corrected chi connectivity index (χ2v) is 5.76. The van der Waals surface area contributed by atoms with Gasteiger partial charge in [-0.25, -0.2) is 13.6 Å². The van der Waals surface area contributed by atoms with Crippen molar-refractivity contribution in [1.29, 1.82) is 0 Å². The zero-order valence-corrected chi connectivity index (χ0v) is 10.9. The van der Waals surface area contributed by atoms with Gasteiger partial charge in [0.05, 0.1) is 5.75 Å². The smallest absolute Gasteiger partial charge is 0.209 e. The molecule has 0 amide bonds. The lowest BCUT2D eigenvalue weighted by Gasteiger charge is -2.06. The standard InChI is InChI=1S/C10H15N3O2S2/c11-10(16)8-2-4-9(5-3-8)13-6-1-7-17(12,14)15/h2-5,13H,1,6-7H2,(H2,11,16)(H2,12,14,15). The van der Waals surface area contributed by atoms with E-state index in [0.29, 0.717) is 18.0 Å². The summed E-state index contributed by atoms with van der Waals surface area (Å²) in [5.74, 6) is -0.0228. The summed E-state index contributed by atoms with van der Waals surface area (Å²) in [4.78, 5) is 0.353. The lowest BCUT2D eigenvalue weighted by atomic mass is 10.2. The Bertz CT molecular complexity index is 483. The zero-order chi connectivity index (χ0) is 12.9. The molecule has 0 radical (unpaired) electrons. The summed E-state index contributed by atoms with van der Waals surface area (Å²) in [7, 11) is -3.37. The molecule has 0 atom stereocenters. The number of sulfonamides is 1. The van der Waals surface area contributed by atoms with E-state index in [2.05, 4.69) is 5.32 Å². The zero-order valence-electron chi connectivity index (χ0n) is 9.22. The molecule has 0 aromatic heterocycles. The monoisotopic (exact) mass is 273 g/mol. The van der Waals surface area contributed by atoms with E-state index in [1.165, 1.54) is 0 Å². The lowest BCUT2D eigenvalue weighted by molar-refractivity contribution is 0.596. The molecule has 0 saturated heterocycles. The van der Waals surface area contributed by atoms with Crippen LogP contribution in [-0.2, 0) is 10.0 Å². The van der Waals surface area contributed by atoms with E-state index >= 15 is 0 Å². The van der Waals surface area contributed by atoms with Crippen LogP contribution in [0.4, 0.5) is 5.69 Å². The summed E-state index contributed by atoms with van der Waals surface area (Å²) < 4.78 is 21.4. The minimum Gasteiger partial charge on any atom is -0.389 e. The van der Waals surface area contributed by atoms with Gasteiger partial charge in [0, 0.05) is 17.8 Å². The number of benzene rings is 1. The minimum atomic E-state index is -3.37. The summed E-state index contributed by atoms with van der Waals surface area (Å²) >= 11 is 4.83. The molecule has 1 rings (SSSR count). The van der Waals surface area contributed by atoms with Gasteiger partial charge in [-0.15, -0.1) is 0 Å². The maximum Gasteiger partial charge on any atom is 0.209 e. The molecule has 17 heavy (non-hydrogen) atoms. The van der Waals surface area contributed by atoms with Crippen LogP contribution < -0.4 is 16.2 Å². The number of anilines is 1. The predicted octanol–water partition coefficient (Wildman–Crippen LogP) is 0.411. The molecule has 0 aliphatic heterocycles. The molecule has 0 aliphatic rings. The van der Waals surface area contributed by atoms with Crippen molar-refractivity contribution >= 4 is 32.9 Å². The molecule has 0 fully saturated rings. The Labute approximate surface area is 106 Å². The fourth-order valence-electron chi connectivity index (χ4n) is 1.26. The van der Waals surface area contributed by atoms with Crippen LogP contribution in [0.5, 0.6) is 0 Å². The summed E-state index contributed by atoms with van der Waals surface area (Å²) in [6.45, 7) is 0.544. The van der Waals surface area contributed by atoms with Gasteiger partial charge in [-0.05, 0) is 30.7 Å². The summed E-state index contributed by atoms with van der Waals surface area (Å²) in [5.41, 5.74) is 7.15. The number of nitrogens with one attached hydrogen (secondary N) is 1. The highest BCUT2D eigenvalue weighted by Gasteiger charge is 2.01. The maximum absolute atomic E-state index is 10.7. The number of rotatable bonds is 6. The average Bonchev–Trinajstić information content (AvgIpc) is 2.24. The van der Waals surface area contributed by atoms with Gasteiger partial charge in [-0.1, -0.05) is 12.2 Å². The van der Waals surface area contributed by atoms with Gasteiger partial charge in [0.15, 0.2) is 0 Å². The van der Waals surface area contributed by atoms with Gasteiger partial charge in [0.25, 0.3) is 0 Å². The number of hydrogen-bond acceptors (Lipinski definition) is 4. The molecule has 5 N–H and O–H groups in total. The second-order valence-electron chi connectivity index (χ2n) is 3.59. The first-order valence-electron chi connectivity index (χ1n) is 5.03. The Morgan fingerprint density at radius 2 is 1.88 bits per heavy atom. The fourth-order valence-corrected chi connectivity index (χ4v) is 1.94. The van der Waals surface area contributed by atoms with Crippen molar-refractivity contribution in [2.75, 3.05) is 17.6 Å². The molecule has 0 saturated carbocycles. The molecule has 5 nitrogen and oxygen atoms in total. The summed E-state index contributed by atoms with van der Waals surface area (Å²) in [5, 5.41) is 7.96. The molecule has 94 valence electrons. The first-order valence-corrected chi connectivity index (χ1v) is 7.15. The predicted molar refractivity (Wildman–Crippen MR) is 73.4 cm³/mol. The minimum absolute atomic E-state index is 0.0228.